The molecule has 2 aromatic rings. The minimum Gasteiger partial charge on any atom is -0.383 e. The van der Waals surface area contributed by atoms with Crippen molar-refractivity contribution < 1.29 is 14.3 Å². The van der Waals surface area contributed by atoms with Gasteiger partial charge < -0.3 is 15.0 Å². The highest BCUT2D eigenvalue weighted by Gasteiger charge is 2.44. The first kappa shape index (κ1) is 21.1. The lowest BCUT2D eigenvalue weighted by atomic mass is 9.80. The normalized spacial score (nSPS) is 26.3. The van der Waals surface area contributed by atoms with Crippen LogP contribution in [0.15, 0.2) is 41.8 Å². The summed E-state index contributed by atoms with van der Waals surface area (Å²) in [5, 5.41) is 5.34. The Labute approximate surface area is 182 Å². The zero-order chi connectivity index (χ0) is 21.1. The van der Waals surface area contributed by atoms with Crippen molar-refractivity contribution in [1.29, 1.82) is 0 Å². The lowest BCUT2D eigenvalue weighted by Crippen LogP contribution is -2.50. The topological polar surface area (TPSA) is 58.6 Å². The van der Waals surface area contributed by atoms with Crippen molar-refractivity contribution in [2.75, 3.05) is 20.3 Å². The molecule has 0 radical (unpaired) electrons. The molecule has 1 saturated carbocycles. The summed E-state index contributed by atoms with van der Waals surface area (Å²) in [5.74, 6) is 0.301. The SMILES string of the molecule is COCCN1C(=O)c2ccccc2[C@H](C(=O)NC2CCC(C)CC2)[C@H]1c1cccs1. The van der Waals surface area contributed by atoms with E-state index in [-0.39, 0.29) is 23.9 Å². The van der Waals surface area contributed by atoms with Crippen molar-refractivity contribution >= 4 is 23.2 Å². The summed E-state index contributed by atoms with van der Waals surface area (Å²) in [7, 11) is 1.64. The number of benzene rings is 1. The van der Waals surface area contributed by atoms with E-state index in [1.807, 2.05) is 46.7 Å². The Hall–Kier alpha value is -2.18. The Bertz CT molecular complexity index is 874. The molecule has 1 aromatic carbocycles. The van der Waals surface area contributed by atoms with E-state index in [0.29, 0.717) is 18.7 Å². The molecule has 2 heterocycles. The highest BCUT2D eigenvalue weighted by atomic mass is 32.1. The third-order valence-corrected chi connectivity index (χ3v) is 7.40. The molecule has 0 saturated heterocycles. The molecule has 30 heavy (non-hydrogen) atoms. The second kappa shape index (κ2) is 9.31. The van der Waals surface area contributed by atoms with Gasteiger partial charge in [-0.15, -0.1) is 11.3 Å². The van der Waals surface area contributed by atoms with Crippen LogP contribution in [0.1, 0.15) is 65.4 Å². The number of carbonyl (C=O) groups is 2. The van der Waals surface area contributed by atoms with E-state index in [4.69, 9.17) is 4.74 Å². The maximum Gasteiger partial charge on any atom is 0.254 e. The summed E-state index contributed by atoms with van der Waals surface area (Å²) in [6, 6.07) is 11.5. The fourth-order valence-electron chi connectivity index (χ4n) is 4.78. The number of nitrogens with one attached hydrogen (secondary N) is 1. The molecule has 1 aliphatic carbocycles. The summed E-state index contributed by atoms with van der Waals surface area (Å²) in [5.41, 5.74) is 1.45. The number of methoxy groups -OCH3 is 1. The average molecular weight is 427 g/mol. The van der Waals surface area contributed by atoms with Gasteiger partial charge in [-0.2, -0.15) is 0 Å². The van der Waals surface area contributed by atoms with Gasteiger partial charge in [0, 0.05) is 30.1 Å². The van der Waals surface area contributed by atoms with Crippen LogP contribution < -0.4 is 5.32 Å². The van der Waals surface area contributed by atoms with Gasteiger partial charge in [-0.05, 0) is 54.7 Å². The fourth-order valence-corrected chi connectivity index (χ4v) is 5.66. The maximum absolute atomic E-state index is 13.7. The number of hydrogen-bond donors (Lipinski definition) is 1. The lowest BCUT2D eigenvalue weighted by molar-refractivity contribution is -0.125. The smallest absolute Gasteiger partial charge is 0.254 e. The molecule has 2 atom stereocenters. The van der Waals surface area contributed by atoms with Crippen LogP contribution in [0.3, 0.4) is 0 Å². The fraction of sp³-hybridized carbons (Fsp3) is 0.500. The molecule has 4 rings (SSSR count). The number of hydrogen-bond acceptors (Lipinski definition) is 4. The molecular weight excluding hydrogens is 396 g/mol. The molecule has 2 aliphatic rings. The highest BCUT2D eigenvalue weighted by molar-refractivity contribution is 7.10. The van der Waals surface area contributed by atoms with Gasteiger partial charge in [-0.1, -0.05) is 31.2 Å². The van der Waals surface area contributed by atoms with Crippen LogP contribution in [0, 0.1) is 5.92 Å². The number of ether oxygens (including phenoxy) is 1. The van der Waals surface area contributed by atoms with Gasteiger partial charge in [0.15, 0.2) is 0 Å². The summed E-state index contributed by atoms with van der Waals surface area (Å²) < 4.78 is 5.28. The van der Waals surface area contributed by atoms with Gasteiger partial charge in [0.1, 0.15) is 0 Å². The number of rotatable bonds is 6. The number of carbonyl (C=O) groups excluding carboxylic acids is 2. The molecule has 0 bridgehead atoms. The molecule has 1 fully saturated rings. The van der Waals surface area contributed by atoms with E-state index < -0.39 is 5.92 Å². The third-order valence-electron chi connectivity index (χ3n) is 6.45. The molecule has 5 nitrogen and oxygen atoms in total. The van der Waals surface area contributed by atoms with Crippen LogP contribution in [0.5, 0.6) is 0 Å². The molecular formula is C24H30N2O3S. The summed E-state index contributed by atoms with van der Waals surface area (Å²) >= 11 is 1.60. The monoisotopic (exact) mass is 426 g/mol. The summed E-state index contributed by atoms with van der Waals surface area (Å²) in [4.78, 5) is 29.9. The Morgan fingerprint density at radius 2 is 1.93 bits per heavy atom. The largest absolute Gasteiger partial charge is 0.383 e. The first-order chi connectivity index (χ1) is 14.6. The Morgan fingerprint density at radius 3 is 2.63 bits per heavy atom. The van der Waals surface area contributed by atoms with E-state index in [0.717, 1.165) is 42.0 Å². The first-order valence-electron chi connectivity index (χ1n) is 10.8. The van der Waals surface area contributed by atoms with Crippen LogP contribution in [-0.2, 0) is 9.53 Å². The Kier molecular flexibility index (Phi) is 6.54. The Morgan fingerprint density at radius 1 is 1.17 bits per heavy atom. The molecule has 6 heteroatoms. The van der Waals surface area contributed by atoms with Gasteiger partial charge in [-0.25, -0.2) is 0 Å². The van der Waals surface area contributed by atoms with Gasteiger partial charge in [0.2, 0.25) is 5.91 Å². The number of fused-ring (bicyclic) bond motifs is 1. The number of amides is 2. The standard InChI is InChI=1S/C24H30N2O3S/c1-16-9-11-17(12-10-16)25-23(27)21-18-6-3-4-7-19(18)24(28)26(13-14-29-2)22(21)20-8-5-15-30-20/h3-8,15-17,21-22H,9-14H2,1-2H3,(H,25,27)/t16?,17?,21-,22+/m0/s1. The van der Waals surface area contributed by atoms with Crippen LogP contribution in [-0.4, -0.2) is 43.0 Å². The van der Waals surface area contributed by atoms with Crippen molar-refractivity contribution in [3.8, 4) is 0 Å². The van der Waals surface area contributed by atoms with E-state index in [2.05, 4.69) is 12.2 Å². The van der Waals surface area contributed by atoms with Crippen molar-refractivity contribution in [3.05, 3.63) is 57.8 Å². The van der Waals surface area contributed by atoms with Crippen LogP contribution in [0.25, 0.3) is 0 Å². The minimum absolute atomic E-state index is 0.0234. The van der Waals surface area contributed by atoms with E-state index in [1.54, 1.807) is 18.4 Å². The number of thiophene rings is 1. The third kappa shape index (κ3) is 4.16. The van der Waals surface area contributed by atoms with Gasteiger partial charge >= 0.3 is 0 Å². The van der Waals surface area contributed by atoms with Gasteiger partial charge in [0.05, 0.1) is 18.6 Å². The average Bonchev–Trinajstić information content (AvgIpc) is 3.29. The van der Waals surface area contributed by atoms with E-state index in [1.165, 1.54) is 0 Å². The maximum atomic E-state index is 13.7. The molecule has 0 spiro atoms. The van der Waals surface area contributed by atoms with Crippen molar-refractivity contribution in [1.82, 2.24) is 10.2 Å². The van der Waals surface area contributed by atoms with E-state index >= 15 is 0 Å². The summed E-state index contributed by atoms with van der Waals surface area (Å²) in [6.07, 6.45) is 4.35. The summed E-state index contributed by atoms with van der Waals surface area (Å²) in [6.45, 7) is 3.17. The predicted octanol–water partition coefficient (Wildman–Crippen LogP) is 4.37. The second-order valence-electron chi connectivity index (χ2n) is 8.48. The van der Waals surface area contributed by atoms with Crippen LogP contribution in [0.2, 0.25) is 0 Å². The second-order valence-corrected chi connectivity index (χ2v) is 9.46. The van der Waals surface area contributed by atoms with Gasteiger partial charge in [-0.3, -0.25) is 9.59 Å². The number of nitrogens with zero attached hydrogens (tertiary/aromatic N) is 1. The molecule has 1 N–H and O–H groups in total. The van der Waals surface area contributed by atoms with Crippen LogP contribution in [0.4, 0.5) is 0 Å². The quantitative estimate of drug-likeness (QED) is 0.746. The predicted molar refractivity (Wildman–Crippen MR) is 119 cm³/mol. The minimum atomic E-state index is -0.422. The highest BCUT2D eigenvalue weighted by Crippen LogP contribution is 2.44. The molecule has 0 unspecified atom stereocenters. The molecule has 1 aromatic heterocycles. The zero-order valence-corrected chi connectivity index (χ0v) is 18.5. The lowest BCUT2D eigenvalue weighted by Gasteiger charge is -2.41. The van der Waals surface area contributed by atoms with E-state index in [9.17, 15) is 9.59 Å². The van der Waals surface area contributed by atoms with Gasteiger partial charge in [0.25, 0.3) is 5.91 Å². The van der Waals surface area contributed by atoms with Crippen LogP contribution >= 0.6 is 11.3 Å². The molecule has 160 valence electrons. The molecule has 1 aliphatic heterocycles. The van der Waals surface area contributed by atoms with Crippen molar-refractivity contribution in [3.63, 3.8) is 0 Å². The first-order valence-corrected chi connectivity index (χ1v) is 11.7. The van der Waals surface area contributed by atoms with Crippen molar-refractivity contribution in [2.45, 2.75) is 50.6 Å². The van der Waals surface area contributed by atoms with Crippen molar-refractivity contribution in [2.24, 2.45) is 5.92 Å². The zero-order valence-electron chi connectivity index (χ0n) is 17.7. The Balaban J connectivity index is 1.71. The molecule has 2 amide bonds.